The van der Waals surface area contributed by atoms with Gasteiger partial charge in [0.1, 0.15) is 5.37 Å². The summed E-state index contributed by atoms with van der Waals surface area (Å²) in [6.07, 6.45) is -10.1. The second kappa shape index (κ2) is 9.77. The molecule has 0 bridgehead atoms. The fraction of sp³-hybridized carbons (Fsp3) is 0.231. The minimum Gasteiger partial charge on any atom is -0.322 e. The summed E-state index contributed by atoms with van der Waals surface area (Å²) in [7, 11) is 0. The van der Waals surface area contributed by atoms with Gasteiger partial charge in [-0.3, -0.25) is 14.5 Å². The summed E-state index contributed by atoms with van der Waals surface area (Å²) in [5, 5.41) is 1.94. The number of aryl methyl sites for hydroxylation is 2. The number of benzene rings is 3. The van der Waals surface area contributed by atoms with E-state index in [0.717, 1.165) is 11.1 Å². The fourth-order valence-corrected chi connectivity index (χ4v) is 5.05. The van der Waals surface area contributed by atoms with E-state index >= 15 is 0 Å². The predicted molar refractivity (Wildman–Crippen MR) is 129 cm³/mol. The molecule has 0 saturated carbocycles. The molecule has 0 spiro atoms. The molecule has 194 valence electrons. The van der Waals surface area contributed by atoms with Crippen LogP contribution in [0.1, 0.15) is 43.5 Å². The molecule has 1 N–H and O–H groups in total. The van der Waals surface area contributed by atoms with Crippen molar-refractivity contribution in [2.75, 3.05) is 16.0 Å². The zero-order valence-corrected chi connectivity index (χ0v) is 20.3. The largest absolute Gasteiger partial charge is 0.416 e. The van der Waals surface area contributed by atoms with Gasteiger partial charge in [-0.1, -0.05) is 18.2 Å². The molecule has 3 aromatic rings. The van der Waals surface area contributed by atoms with Gasteiger partial charge < -0.3 is 5.32 Å². The van der Waals surface area contributed by atoms with Crippen LogP contribution in [-0.2, 0) is 17.1 Å². The Morgan fingerprint density at radius 2 is 1.54 bits per heavy atom. The molecule has 3 aromatic carbocycles. The second-order valence-corrected chi connectivity index (χ2v) is 9.64. The van der Waals surface area contributed by atoms with Crippen molar-refractivity contribution in [3.05, 3.63) is 94.0 Å². The van der Waals surface area contributed by atoms with Crippen LogP contribution in [-0.4, -0.2) is 17.6 Å². The molecule has 4 rings (SSSR count). The lowest BCUT2D eigenvalue weighted by Crippen LogP contribution is -2.28. The highest BCUT2D eigenvalue weighted by molar-refractivity contribution is 8.00. The van der Waals surface area contributed by atoms with Crippen molar-refractivity contribution in [3.8, 4) is 0 Å². The number of halogens is 6. The molecule has 2 amide bonds. The summed E-state index contributed by atoms with van der Waals surface area (Å²) < 4.78 is 79.0. The molecule has 37 heavy (non-hydrogen) atoms. The third-order valence-corrected chi connectivity index (χ3v) is 7.13. The van der Waals surface area contributed by atoms with E-state index in [2.05, 4.69) is 5.32 Å². The van der Waals surface area contributed by atoms with Crippen LogP contribution < -0.4 is 10.2 Å². The van der Waals surface area contributed by atoms with Crippen LogP contribution in [0.2, 0.25) is 0 Å². The molecule has 0 radical (unpaired) electrons. The van der Waals surface area contributed by atoms with Gasteiger partial charge in [0.05, 0.1) is 16.9 Å². The van der Waals surface area contributed by atoms with Gasteiger partial charge in [-0.2, -0.15) is 26.3 Å². The number of hydrogen-bond donors (Lipinski definition) is 1. The lowest BCUT2D eigenvalue weighted by molar-refractivity contribution is -0.143. The Morgan fingerprint density at radius 3 is 2.14 bits per heavy atom. The first-order valence-corrected chi connectivity index (χ1v) is 12.0. The lowest BCUT2D eigenvalue weighted by Gasteiger charge is -2.25. The Labute approximate surface area is 212 Å². The van der Waals surface area contributed by atoms with Crippen LogP contribution in [0.15, 0.2) is 60.7 Å². The van der Waals surface area contributed by atoms with Gasteiger partial charge >= 0.3 is 12.4 Å². The van der Waals surface area contributed by atoms with Gasteiger partial charge in [-0.15, -0.1) is 11.8 Å². The number of nitrogens with one attached hydrogen (secondary N) is 1. The van der Waals surface area contributed by atoms with E-state index in [0.29, 0.717) is 23.4 Å². The van der Waals surface area contributed by atoms with Crippen molar-refractivity contribution in [2.45, 2.75) is 31.6 Å². The molecule has 1 aliphatic rings. The Kier molecular flexibility index (Phi) is 7.02. The van der Waals surface area contributed by atoms with E-state index in [1.807, 2.05) is 32.0 Å². The molecule has 4 nitrogen and oxygen atoms in total. The van der Waals surface area contributed by atoms with Gasteiger partial charge in [0.25, 0.3) is 5.91 Å². The SMILES string of the molecule is Cc1ccc(N2C(=O)CSC2c2cccc(NC(=O)c3cc(C(F)(F)F)cc(C(F)(F)F)c3)c2)cc1C. The van der Waals surface area contributed by atoms with Gasteiger partial charge in [0.15, 0.2) is 0 Å². The van der Waals surface area contributed by atoms with Crippen molar-refractivity contribution in [3.63, 3.8) is 0 Å². The van der Waals surface area contributed by atoms with Crippen molar-refractivity contribution < 1.29 is 35.9 Å². The third-order valence-electron chi connectivity index (χ3n) is 5.92. The number of thioether (sulfide) groups is 1. The van der Waals surface area contributed by atoms with Crippen LogP contribution in [0.25, 0.3) is 0 Å². The highest BCUT2D eigenvalue weighted by Crippen LogP contribution is 2.43. The highest BCUT2D eigenvalue weighted by Gasteiger charge is 2.38. The molecule has 1 unspecified atom stereocenters. The Hall–Kier alpha value is -3.47. The number of hydrogen-bond acceptors (Lipinski definition) is 3. The number of rotatable bonds is 4. The maximum atomic E-state index is 13.2. The van der Waals surface area contributed by atoms with Crippen molar-refractivity contribution in [1.29, 1.82) is 0 Å². The van der Waals surface area contributed by atoms with E-state index in [-0.39, 0.29) is 23.4 Å². The molecule has 0 aromatic heterocycles. The Balaban J connectivity index is 1.63. The molecule has 0 aliphatic carbocycles. The first kappa shape index (κ1) is 26.6. The zero-order chi connectivity index (χ0) is 27.1. The topological polar surface area (TPSA) is 49.4 Å². The minimum absolute atomic E-state index is 0.0346. The van der Waals surface area contributed by atoms with Gasteiger partial charge in [-0.25, -0.2) is 0 Å². The normalized spacial score (nSPS) is 16.3. The van der Waals surface area contributed by atoms with Gasteiger partial charge in [0, 0.05) is 16.9 Å². The summed E-state index contributed by atoms with van der Waals surface area (Å²) >= 11 is 1.36. The lowest BCUT2D eigenvalue weighted by atomic mass is 10.0. The number of carbonyl (C=O) groups excluding carboxylic acids is 2. The van der Waals surface area contributed by atoms with E-state index in [9.17, 15) is 35.9 Å². The summed E-state index contributed by atoms with van der Waals surface area (Å²) in [4.78, 5) is 27.0. The molecule has 1 saturated heterocycles. The van der Waals surface area contributed by atoms with Crippen molar-refractivity contribution in [1.82, 2.24) is 0 Å². The van der Waals surface area contributed by atoms with Crippen LogP contribution in [0, 0.1) is 13.8 Å². The quantitative estimate of drug-likeness (QED) is 0.353. The standard InChI is InChI=1S/C26H20F6N2O2S/c1-14-6-7-21(8-15(14)2)34-22(35)13-37-24(34)16-4-3-5-20(11-16)33-23(36)17-9-18(25(27,28)29)12-19(10-17)26(30,31)32/h3-12,24H,13H2,1-2H3,(H,33,36). The van der Waals surface area contributed by atoms with E-state index in [4.69, 9.17) is 0 Å². The van der Waals surface area contributed by atoms with Gasteiger partial charge in [0.2, 0.25) is 5.91 Å². The average Bonchev–Trinajstić information content (AvgIpc) is 3.21. The number of amides is 2. The van der Waals surface area contributed by atoms with Crippen molar-refractivity contribution in [2.24, 2.45) is 0 Å². The van der Waals surface area contributed by atoms with E-state index in [1.165, 1.54) is 17.8 Å². The highest BCUT2D eigenvalue weighted by atomic mass is 32.2. The summed E-state index contributed by atoms with van der Waals surface area (Å²) in [6, 6.07) is 12.7. The number of nitrogens with zero attached hydrogens (tertiary/aromatic N) is 1. The van der Waals surface area contributed by atoms with Crippen LogP contribution in [0.4, 0.5) is 37.7 Å². The second-order valence-electron chi connectivity index (χ2n) is 8.57. The average molecular weight is 539 g/mol. The number of alkyl halides is 6. The van der Waals surface area contributed by atoms with Crippen LogP contribution in [0.5, 0.6) is 0 Å². The first-order valence-electron chi connectivity index (χ1n) is 11.0. The smallest absolute Gasteiger partial charge is 0.322 e. The number of anilines is 2. The van der Waals surface area contributed by atoms with Gasteiger partial charge in [-0.05, 0) is 73.0 Å². The van der Waals surface area contributed by atoms with E-state index < -0.39 is 40.3 Å². The minimum atomic E-state index is -5.07. The molecule has 1 heterocycles. The Bertz CT molecular complexity index is 1340. The van der Waals surface area contributed by atoms with Crippen LogP contribution >= 0.6 is 11.8 Å². The molecule has 1 aliphatic heterocycles. The molecular weight excluding hydrogens is 518 g/mol. The van der Waals surface area contributed by atoms with Crippen molar-refractivity contribution >= 4 is 35.0 Å². The predicted octanol–water partition coefficient (Wildman–Crippen LogP) is 7.37. The van der Waals surface area contributed by atoms with E-state index in [1.54, 1.807) is 23.1 Å². The molecule has 1 fully saturated rings. The third kappa shape index (κ3) is 5.76. The molecular formula is C26H20F6N2O2S. The molecule has 1 atom stereocenters. The number of carbonyl (C=O) groups is 2. The summed E-state index contributed by atoms with van der Waals surface area (Å²) in [5.74, 6) is -1.02. The molecule has 11 heteroatoms. The maximum absolute atomic E-state index is 13.2. The first-order chi connectivity index (χ1) is 17.2. The maximum Gasteiger partial charge on any atom is 0.416 e. The monoisotopic (exact) mass is 538 g/mol. The fourth-order valence-electron chi connectivity index (χ4n) is 3.88. The Morgan fingerprint density at radius 1 is 0.892 bits per heavy atom. The zero-order valence-electron chi connectivity index (χ0n) is 19.5. The summed E-state index contributed by atoms with van der Waals surface area (Å²) in [5.41, 5.74) is -0.387. The van der Waals surface area contributed by atoms with Crippen LogP contribution in [0.3, 0.4) is 0 Å². The summed E-state index contributed by atoms with van der Waals surface area (Å²) in [6.45, 7) is 3.88.